The summed E-state index contributed by atoms with van der Waals surface area (Å²) in [6.07, 6.45) is 12.1. The maximum Gasteiger partial charge on any atom is 0.0829 e. The van der Waals surface area contributed by atoms with Gasteiger partial charge in [0.1, 0.15) is 0 Å². The third kappa shape index (κ3) is 6.76. The minimum absolute atomic E-state index is 1.14. The van der Waals surface area contributed by atoms with Crippen LogP contribution in [-0.4, -0.2) is 0 Å². The lowest BCUT2D eigenvalue weighted by Crippen LogP contribution is -1.52. The van der Waals surface area contributed by atoms with Crippen LogP contribution in [0.2, 0.25) is 0 Å². The van der Waals surface area contributed by atoms with E-state index in [0.717, 1.165) is 6.42 Å². The third-order valence-corrected chi connectivity index (χ3v) is 0.848. The highest BCUT2D eigenvalue weighted by Crippen LogP contribution is 1.93. The second kappa shape index (κ2) is 7.76. The van der Waals surface area contributed by atoms with Gasteiger partial charge in [-0.3, -0.25) is 0 Å². The Morgan fingerprint density at radius 2 is 1.60 bits per heavy atom. The average molecular weight is 136 g/mol. The first kappa shape index (κ1) is 8.76. The van der Waals surface area contributed by atoms with E-state index in [4.69, 9.17) is 0 Å². The Morgan fingerprint density at radius 3 is 1.70 bits per heavy atom. The van der Waals surface area contributed by atoms with Gasteiger partial charge in [0.15, 0.2) is 0 Å². The Kier molecular flexibility index (Phi) is 6.80. The van der Waals surface area contributed by atoms with Crippen LogP contribution in [0.3, 0.4) is 0 Å². The fourth-order valence-electron chi connectivity index (χ4n) is 0.461. The van der Waals surface area contributed by atoms with Gasteiger partial charge in [-0.25, -0.2) is 0 Å². The summed E-state index contributed by atoms with van der Waals surface area (Å²) in [5, 5.41) is 0. The van der Waals surface area contributed by atoms with Gasteiger partial charge in [-0.2, -0.15) is 0 Å². The second-order valence-electron chi connectivity index (χ2n) is 1.56. The average Bonchev–Trinajstić information content (AvgIpc) is 2.44. The zero-order valence-corrected chi connectivity index (χ0v) is 5.99. The van der Waals surface area contributed by atoms with Crippen LogP contribution in [0, 0.1) is 0 Å². The normalized spacial score (nSPS) is 11.6. The predicted octanol–water partition coefficient (Wildman–Crippen LogP) is 2.79. The van der Waals surface area contributed by atoms with Gasteiger partial charge in [-0.15, -0.1) is 0 Å². The standard InChI is InChI=1S/C5H6.C4H6O/c1-2-4-5-3-1;1-3-5-4-2/h1-4H,5H2;3-4H,1-2H2. The fourth-order valence-corrected chi connectivity index (χ4v) is 0.461. The molecule has 1 heteroatoms. The predicted molar refractivity (Wildman–Crippen MR) is 44.4 cm³/mol. The van der Waals surface area contributed by atoms with Crippen molar-refractivity contribution in [2.75, 3.05) is 0 Å². The molecular weight excluding hydrogens is 124 g/mol. The van der Waals surface area contributed by atoms with E-state index in [0.29, 0.717) is 0 Å². The van der Waals surface area contributed by atoms with Crippen LogP contribution < -0.4 is 0 Å². The molecule has 0 radical (unpaired) electrons. The summed E-state index contributed by atoms with van der Waals surface area (Å²) in [6, 6.07) is 0. The van der Waals surface area contributed by atoms with Crippen molar-refractivity contribution in [3.63, 3.8) is 0 Å². The van der Waals surface area contributed by atoms with Gasteiger partial charge in [0.05, 0.1) is 12.5 Å². The Bertz CT molecular complexity index is 127. The largest absolute Gasteiger partial charge is 0.474 e. The van der Waals surface area contributed by atoms with Crippen molar-refractivity contribution in [2.24, 2.45) is 0 Å². The van der Waals surface area contributed by atoms with Gasteiger partial charge in [-0.05, 0) is 6.42 Å². The third-order valence-electron chi connectivity index (χ3n) is 0.848. The van der Waals surface area contributed by atoms with Crippen molar-refractivity contribution in [3.8, 4) is 0 Å². The zero-order valence-electron chi connectivity index (χ0n) is 5.99. The monoisotopic (exact) mass is 136 g/mol. The Morgan fingerprint density at radius 1 is 1.10 bits per heavy atom. The smallest absolute Gasteiger partial charge is 0.0829 e. The summed E-state index contributed by atoms with van der Waals surface area (Å²) in [7, 11) is 0. The summed E-state index contributed by atoms with van der Waals surface area (Å²) in [6.45, 7) is 6.51. The zero-order chi connectivity index (χ0) is 7.66. The molecule has 1 aliphatic carbocycles. The maximum absolute atomic E-state index is 4.36. The molecule has 0 unspecified atom stereocenters. The molecule has 0 aliphatic heterocycles. The molecule has 1 nitrogen and oxygen atoms in total. The number of rotatable bonds is 2. The van der Waals surface area contributed by atoms with E-state index in [1.807, 2.05) is 0 Å². The van der Waals surface area contributed by atoms with Gasteiger partial charge in [0, 0.05) is 0 Å². The van der Waals surface area contributed by atoms with Crippen molar-refractivity contribution < 1.29 is 4.74 Å². The molecule has 0 amide bonds. The quantitative estimate of drug-likeness (QED) is 0.530. The number of hydrogen-bond acceptors (Lipinski definition) is 1. The second-order valence-corrected chi connectivity index (χ2v) is 1.56. The molecule has 0 spiro atoms. The lowest BCUT2D eigenvalue weighted by molar-refractivity contribution is 0.406. The molecule has 0 atom stereocenters. The molecule has 0 heterocycles. The SMILES string of the molecule is C1=CCC=C1.C=COC=C. The van der Waals surface area contributed by atoms with Crippen LogP contribution in [0.4, 0.5) is 0 Å². The Labute approximate surface area is 62.0 Å². The van der Waals surface area contributed by atoms with E-state index in [9.17, 15) is 0 Å². The van der Waals surface area contributed by atoms with Crippen LogP contribution >= 0.6 is 0 Å². The molecular formula is C9H12O. The van der Waals surface area contributed by atoms with Gasteiger partial charge in [0.25, 0.3) is 0 Å². The molecule has 1 rings (SSSR count). The van der Waals surface area contributed by atoms with Crippen molar-refractivity contribution in [3.05, 3.63) is 50.0 Å². The molecule has 10 heavy (non-hydrogen) atoms. The summed E-state index contributed by atoms with van der Waals surface area (Å²) in [4.78, 5) is 0. The van der Waals surface area contributed by atoms with Crippen LogP contribution in [-0.2, 0) is 4.74 Å². The lowest BCUT2D eigenvalue weighted by atomic mass is 10.5. The van der Waals surface area contributed by atoms with Gasteiger partial charge >= 0.3 is 0 Å². The number of ether oxygens (including phenoxy) is 1. The summed E-state index contributed by atoms with van der Waals surface area (Å²) < 4.78 is 4.36. The molecule has 0 bridgehead atoms. The minimum Gasteiger partial charge on any atom is -0.474 e. The molecule has 1 aliphatic rings. The van der Waals surface area contributed by atoms with E-state index in [-0.39, 0.29) is 0 Å². The van der Waals surface area contributed by atoms with Crippen molar-refractivity contribution in [2.45, 2.75) is 6.42 Å². The van der Waals surface area contributed by atoms with E-state index >= 15 is 0 Å². The highest BCUT2D eigenvalue weighted by Gasteiger charge is 1.72. The Balaban J connectivity index is 0.000000162. The highest BCUT2D eigenvalue weighted by atomic mass is 16.5. The maximum atomic E-state index is 4.36. The van der Waals surface area contributed by atoms with Crippen LogP contribution in [0.15, 0.2) is 50.0 Å². The van der Waals surface area contributed by atoms with Gasteiger partial charge in [0.2, 0.25) is 0 Å². The van der Waals surface area contributed by atoms with E-state index < -0.39 is 0 Å². The Hall–Kier alpha value is -1.24. The van der Waals surface area contributed by atoms with E-state index in [1.165, 1.54) is 12.5 Å². The topological polar surface area (TPSA) is 9.23 Å². The van der Waals surface area contributed by atoms with Crippen LogP contribution in [0.25, 0.3) is 0 Å². The molecule has 0 saturated heterocycles. The summed E-state index contributed by atoms with van der Waals surface area (Å²) in [5.41, 5.74) is 0. The summed E-state index contributed by atoms with van der Waals surface area (Å²) >= 11 is 0. The van der Waals surface area contributed by atoms with Gasteiger partial charge < -0.3 is 4.74 Å². The molecule has 0 aromatic carbocycles. The first-order valence-corrected chi connectivity index (χ1v) is 3.10. The van der Waals surface area contributed by atoms with Crippen LogP contribution in [0.5, 0.6) is 0 Å². The van der Waals surface area contributed by atoms with Crippen molar-refractivity contribution >= 4 is 0 Å². The first-order chi connectivity index (χ1) is 4.91. The highest BCUT2D eigenvalue weighted by molar-refractivity contribution is 5.11. The fraction of sp³-hybridized carbons (Fsp3) is 0.111. The first-order valence-electron chi connectivity index (χ1n) is 3.10. The molecule has 0 fully saturated rings. The minimum atomic E-state index is 1.14. The van der Waals surface area contributed by atoms with E-state index in [2.05, 4.69) is 42.2 Å². The molecule has 0 aromatic rings. The van der Waals surface area contributed by atoms with Gasteiger partial charge in [-0.1, -0.05) is 37.5 Å². The van der Waals surface area contributed by atoms with Crippen LogP contribution in [0.1, 0.15) is 6.42 Å². The lowest BCUT2D eigenvalue weighted by Gasteiger charge is -1.76. The number of allylic oxidation sites excluding steroid dienone is 4. The molecule has 0 saturated carbocycles. The molecule has 0 aromatic heterocycles. The molecule has 54 valence electrons. The van der Waals surface area contributed by atoms with Crippen molar-refractivity contribution in [1.29, 1.82) is 0 Å². The molecule has 0 N–H and O–H groups in total. The van der Waals surface area contributed by atoms with E-state index in [1.54, 1.807) is 0 Å². The van der Waals surface area contributed by atoms with Crippen molar-refractivity contribution in [1.82, 2.24) is 0 Å². The summed E-state index contributed by atoms with van der Waals surface area (Å²) in [5.74, 6) is 0. The number of hydrogen-bond donors (Lipinski definition) is 0.